The molecule has 3 aromatic rings. The molecule has 2 heterocycles. The summed E-state index contributed by atoms with van der Waals surface area (Å²) >= 11 is 0. The van der Waals surface area contributed by atoms with Crippen LogP contribution in [0.5, 0.6) is 11.6 Å². The lowest BCUT2D eigenvalue weighted by molar-refractivity contribution is 0.249. The summed E-state index contributed by atoms with van der Waals surface area (Å²) in [7, 11) is 0. The van der Waals surface area contributed by atoms with E-state index in [-0.39, 0.29) is 0 Å². The molecule has 0 radical (unpaired) electrons. The van der Waals surface area contributed by atoms with Crippen LogP contribution in [0, 0.1) is 6.92 Å². The van der Waals surface area contributed by atoms with Gasteiger partial charge in [-0.15, -0.1) is 0 Å². The summed E-state index contributed by atoms with van der Waals surface area (Å²) in [6.45, 7) is 6.68. The van der Waals surface area contributed by atoms with Gasteiger partial charge in [-0.1, -0.05) is 48.0 Å². The lowest BCUT2D eigenvalue weighted by atomic mass is 10.2. The summed E-state index contributed by atoms with van der Waals surface area (Å²) in [4.78, 5) is 13.3. The van der Waals surface area contributed by atoms with Crippen molar-refractivity contribution in [1.82, 2.24) is 14.9 Å². The molecule has 2 N–H and O–H groups in total. The molecule has 0 saturated carbocycles. The summed E-state index contributed by atoms with van der Waals surface area (Å²) < 4.78 is 5.88. The molecule has 6 nitrogen and oxygen atoms in total. The van der Waals surface area contributed by atoms with Gasteiger partial charge in [0.05, 0.1) is 0 Å². The average molecular weight is 375 g/mol. The molecule has 0 amide bonds. The lowest BCUT2D eigenvalue weighted by Crippen LogP contribution is -2.46. The Morgan fingerprint density at radius 2 is 1.64 bits per heavy atom. The fourth-order valence-corrected chi connectivity index (χ4v) is 3.38. The smallest absolute Gasteiger partial charge is 0.248 e. The zero-order valence-corrected chi connectivity index (χ0v) is 16.1. The number of anilines is 2. The van der Waals surface area contributed by atoms with Gasteiger partial charge < -0.3 is 15.4 Å². The van der Waals surface area contributed by atoms with Gasteiger partial charge in [-0.3, -0.25) is 4.90 Å². The number of aromatic nitrogens is 2. The van der Waals surface area contributed by atoms with E-state index in [0.717, 1.165) is 44.3 Å². The maximum absolute atomic E-state index is 6.34. The predicted octanol–water partition coefficient (Wildman–Crippen LogP) is 3.48. The van der Waals surface area contributed by atoms with Crippen molar-refractivity contribution in [3.8, 4) is 11.6 Å². The molecule has 4 rings (SSSR count). The van der Waals surface area contributed by atoms with E-state index in [1.165, 1.54) is 17.5 Å². The van der Waals surface area contributed by atoms with Crippen molar-refractivity contribution in [2.24, 2.45) is 0 Å². The van der Waals surface area contributed by atoms with Crippen molar-refractivity contribution in [3.63, 3.8) is 0 Å². The van der Waals surface area contributed by atoms with Gasteiger partial charge in [-0.05, 0) is 24.6 Å². The largest absolute Gasteiger partial charge is 0.437 e. The number of nitrogens with zero attached hydrogens (tertiary/aromatic N) is 4. The Morgan fingerprint density at radius 3 is 2.36 bits per heavy atom. The van der Waals surface area contributed by atoms with Gasteiger partial charge in [0.1, 0.15) is 17.8 Å². The first-order chi connectivity index (χ1) is 13.7. The van der Waals surface area contributed by atoms with Crippen LogP contribution in [-0.2, 0) is 6.54 Å². The Morgan fingerprint density at radius 1 is 0.929 bits per heavy atom. The molecule has 0 bridgehead atoms. The molecule has 6 heteroatoms. The number of nitrogen functional groups attached to an aromatic ring is 1. The van der Waals surface area contributed by atoms with Gasteiger partial charge >= 0.3 is 0 Å². The van der Waals surface area contributed by atoms with Crippen LogP contribution in [0.4, 0.5) is 11.5 Å². The van der Waals surface area contributed by atoms with Crippen LogP contribution in [-0.4, -0.2) is 41.0 Å². The highest BCUT2D eigenvalue weighted by Gasteiger charge is 2.22. The molecule has 0 aliphatic carbocycles. The highest BCUT2D eigenvalue weighted by atomic mass is 16.5. The Bertz CT molecular complexity index is 906. The van der Waals surface area contributed by atoms with Crippen molar-refractivity contribution in [2.45, 2.75) is 13.5 Å². The van der Waals surface area contributed by atoms with E-state index in [4.69, 9.17) is 10.5 Å². The van der Waals surface area contributed by atoms with Crippen molar-refractivity contribution < 1.29 is 4.74 Å². The number of ether oxygens (including phenoxy) is 1. The molecule has 0 atom stereocenters. The highest BCUT2D eigenvalue weighted by molar-refractivity contribution is 5.68. The third-order valence-corrected chi connectivity index (χ3v) is 4.98. The third kappa shape index (κ3) is 4.23. The maximum Gasteiger partial charge on any atom is 0.248 e. The average Bonchev–Trinajstić information content (AvgIpc) is 2.73. The first kappa shape index (κ1) is 18.3. The fraction of sp³-hybridized carbons (Fsp3) is 0.273. The number of hydrogen-bond donors (Lipinski definition) is 1. The quantitative estimate of drug-likeness (QED) is 0.736. The number of benzene rings is 2. The Balaban J connectivity index is 1.41. The van der Waals surface area contributed by atoms with Crippen LogP contribution in [0.2, 0.25) is 0 Å². The Labute approximate surface area is 165 Å². The monoisotopic (exact) mass is 375 g/mol. The normalized spacial score (nSPS) is 14.8. The van der Waals surface area contributed by atoms with Crippen LogP contribution in [0.1, 0.15) is 11.1 Å². The zero-order valence-electron chi connectivity index (χ0n) is 16.1. The molecule has 1 aromatic heterocycles. The first-order valence-electron chi connectivity index (χ1n) is 9.55. The molecular formula is C22H25N5O. The number of piperazine rings is 1. The Kier molecular flexibility index (Phi) is 5.39. The molecule has 144 valence electrons. The minimum atomic E-state index is 0.403. The van der Waals surface area contributed by atoms with Gasteiger partial charge in [-0.25, -0.2) is 4.98 Å². The van der Waals surface area contributed by atoms with Gasteiger partial charge in [0.2, 0.25) is 5.88 Å². The minimum absolute atomic E-state index is 0.403. The second-order valence-corrected chi connectivity index (χ2v) is 7.08. The second kappa shape index (κ2) is 8.27. The molecule has 1 saturated heterocycles. The topological polar surface area (TPSA) is 67.5 Å². The van der Waals surface area contributed by atoms with Crippen molar-refractivity contribution >= 4 is 11.5 Å². The highest BCUT2D eigenvalue weighted by Crippen LogP contribution is 2.32. The van der Waals surface area contributed by atoms with Gasteiger partial charge in [0.25, 0.3) is 0 Å². The molecule has 0 unspecified atom stereocenters. The summed E-state index contributed by atoms with van der Waals surface area (Å²) in [5, 5.41) is 0. The molecule has 28 heavy (non-hydrogen) atoms. The van der Waals surface area contributed by atoms with Crippen LogP contribution in [0.3, 0.4) is 0 Å². The molecule has 0 spiro atoms. The van der Waals surface area contributed by atoms with Gasteiger partial charge in [0.15, 0.2) is 5.82 Å². The van der Waals surface area contributed by atoms with E-state index in [0.29, 0.717) is 11.6 Å². The first-order valence-corrected chi connectivity index (χ1v) is 9.55. The minimum Gasteiger partial charge on any atom is -0.437 e. The van der Waals surface area contributed by atoms with Crippen molar-refractivity contribution in [1.29, 1.82) is 0 Å². The van der Waals surface area contributed by atoms with Gasteiger partial charge in [-0.2, -0.15) is 4.98 Å². The van der Waals surface area contributed by atoms with Crippen LogP contribution >= 0.6 is 0 Å². The van der Waals surface area contributed by atoms with E-state index in [2.05, 4.69) is 50.1 Å². The van der Waals surface area contributed by atoms with E-state index in [9.17, 15) is 0 Å². The summed E-state index contributed by atoms with van der Waals surface area (Å²) in [5.74, 6) is 1.87. The number of aryl methyl sites for hydroxylation is 1. The zero-order chi connectivity index (χ0) is 19.3. The standard InChI is InChI=1S/C22H25N5O/c1-17-7-9-19(10-8-17)28-22-20(23)21(24-16-25-22)27-13-11-26(12-14-27)15-18-5-3-2-4-6-18/h2-10,16H,11-15,23H2,1H3. The van der Waals surface area contributed by atoms with E-state index in [1.54, 1.807) is 0 Å². The Hall–Kier alpha value is -3.12. The van der Waals surface area contributed by atoms with Crippen molar-refractivity contribution in [2.75, 3.05) is 36.8 Å². The number of nitrogens with two attached hydrogens (primary N) is 1. The van der Waals surface area contributed by atoms with Crippen LogP contribution < -0.4 is 15.4 Å². The van der Waals surface area contributed by atoms with Crippen LogP contribution in [0.15, 0.2) is 60.9 Å². The summed E-state index contributed by atoms with van der Waals surface area (Å²) in [5.41, 5.74) is 9.35. The molecular weight excluding hydrogens is 350 g/mol. The fourth-order valence-electron chi connectivity index (χ4n) is 3.38. The van der Waals surface area contributed by atoms with E-state index in [1.807, 2.05) is 31.2 Å². The van der Waals surface area contributed by atoms with E-state index >= 15 is 0 Å². The molecule has 1 fully saturated rings. The molecule has 1 aliphatic heterocycles. The van der Waals surface area contributed by atoms with Crippen molar-refractivity contribution in [3.05, 3.63) is 72.1 Å². The van der Waals surface area contributed by atoms with Gasteiger partial charge in [0, 0.05) is 32.7 Å². The number of rotatable bonds is 5. The summed E-state index contributed by atoms with van der Waals surface area (Å²) in [6.07, 6.45) is 1.52. The SMILES string of the molecule is Cc1ccc(Oc2ncnc(N3CCN(Cc4ccccc4)CC3)c2N)cc1. The predicted molar refractivity (Wildman–Crippen MR) is 112 cm³/mol. The third-order valence-electron chi connectivity index (χ3n) is 4.98. The second-order valence-electron chi connectivity index (χ2n) is 7.08. The lowest BCUT2D eigenvalue weighted by Gasteiger charge is -2.35. The van der Waals surface area contributed by atoms with Crippen LogP contribution in [0.25, 0.3) is 0 Å². The molecule has 2 aromatic carbocycles. The maximum atomic E-state index is 6.34. The van der Waals surface area contributed by atoms with E-state index < -0.39 is 0 Å². The summed E-state index contributed by atoms with van der Waals surface area (Å²) in [6, 6.07) is 18.4. The number of hydrogen-bond acceptors (Lipinski definition) is 6. The molecule has 1 aliphatic rings.